The minimum absolute atomic E-state index is 0. The first-order valence-electron chi connectivity index (χ1n) is 5.43. The van der Waals surface area contributed by atoms with Gasteiger partial charge >= 0.3 is 10.3 Å². The number of anilines is 1. The lowest BCUT2D eigenvalue weighted by Gasteiger charge is -2.15. The molecule has 106 valence electrons. The van der Waals surface area contributed by atoms with Crippen molar-refractivity contribution in [3.05, 3.63) is 29.8 Å². The van der Waals surface area contributed by atoms with Crippen LogP contribution in [0.5, 0.6) is 0 Å². The molecule has 0 aromatic heterocycles. The van der Waals surface area contributed by atoms with Gasteiger partial charge in [-0.3, -0.25) is 9.55 Å². The van der Waals surface area contributed by atoms with Crippen LogP contribution in [0.25, 0.3) is 0 Å². The fourth-order valence-electron chi connectivity index (χ4n) is 1.56. The van der Waals surface area contributed by atoms with Crippen LogP contribution < -0.4 is 15.6 Å². The summed E-state index contributed by atoms with van der Waals surface area (Å²) in [6.45, 7) is 1.72. The molecule has 0 spiro atoms. The number of hydrazine groups is 1. The molecule has 1 heterocycles. The normalized spacial score (nSPS) is 14.9. The molecule has 0 aliphatic carbocycles. The Bertz CT molecular complexity index is 541. The Morgan fingerprint density at radius 3 is 2.47 bits per heavy atom. The highest BCUT2D eigenvalue weighted by molar-refractivity contribution is 7.83. The number of hydrogen-bond donors (Lipinski definition) is 4. The number of rotatable bonds is 4. The Balaban J connectivity index is 0.00000180. The van der Waals surface area contributed by atoms with Gasteiger partial charge in [0, 0.05) is 24.3 Å². The summed E-state index contributed by atoms with van der Waals surface area (Å²) in [5, 5.41) is 3.19. The molecule has 8 nitrogen and oxygen atoms in total. The molecule has 0 fully saturated rings. The maximum atomic E-state index is 10.5. The van der Waals surface area contributed by atoms with Crippen molar-refractivity contribution in [2.45, 2.75) is 6.42 Å². The van der Waals surface area contributed by atoms with Gasteiger partial charge in [-0.1, -0.05) is 0 Å². The minimum Gasteiger partial charge on any atom is -0.412 e. The van der Waals surface area contributed by atoms with Gasteiger partial charge in [0.25, 0.3) is 0 Å². The number of hydrogen-bond acceptors (Lipinski definition) is 5. The second-order valence-corrected chi connectivity index (χ2v) is 4.94. The molecule has 1 aromatic carbocycles. The van der Waals surface area contributed by atoms with Gasteiger partial charge in [-0.25, -0.2) is 0 Å². The van der Waals surface area contributed by atoms with E-state index in [0.29, 0.717) is 5.69 Å². The van der Waals surface area contributed by atoms with Gasteiger partial charge in [-0.2, -0.15) is 8.42 Å². The van der Waals surface area contributed by atoms with Gasteiger partial charge in [-0.05, 0) is 30.7 Å². The second kappa shape index (κ2) is 6.48. The van der Waals surface area contributed by atoms with Crippen LogP contribution >= 0.6 is 0 Å². The second-order valence-electron chi connectivity index (χ2n) is 3.79. The zero-order chi connectivity index (χ0) is 13.0. The standard InChI is InChI=1S/C10H14N4O3S.H2O/c15-18(16,17)14-13-9-4-2-8(3-5-9)10-11-6-1-7-12-10;/h2-5,13-14H,1,6-7H2,(H,11,12)(H,15,16,17);1H2. The van der Waals surface area contributed by atoms with Crippen molar-refractivity contribution in [3.8, 4) is 0 Å². The van der Waals surface area contributed by atoms with Crippen molar-refractivity contribution in [2.24, 2.45) is 4.99 Å². The number of benzene rings is 1. The quantitative estimate of drug-likeness (QED) is 0.430. The molecule has 0 saturated heterocycles. The van der Waals surface area contributed by atoms with Gasteiger partial charge < -0.3 is 16.2 Å². The number of aliphatic imine (C=N–C) groups is 1. The summed E-state index contributed by atoms with van der Waals surface area (Å²) in [5.74, 6) is 0.843. The van der Waals surface area contributed by atoms with Gasteiger partial charge in [0.1, 0.15) is 5.84 Å². The molecule has 0 unspecified atom stereocenters. The Kier molecular flexibility index (Phi) is 5.24. The third kappa shape index (κ3) is 4.83. The third-order valence-electron chi connectivity index (χ3n) is 2.38. The first-order valence-corrected chi connectivity index (χ1v) is 6.87. The van der Waals surface area contributed by atoms with E-state index in [2.05, 4.69) is 15.7 Å². The lowest BCUT2D eigenvalue weighted by molar-refractivity contribution is 0.473. The first-order chi connectivity index (χ1) is 8.54. The van der Waals surface area contributed by atoms with Crippen LogP contribution in [-0.2, 0) is 10.3 Å². The van der Waals surface area contributed by atoms with E-state index < -0.39 is 10.3 Å². The summed E-state index contributed by atoms with van der Waals surface area (Å²) in [6, 6.07) is 6.99. The fourth-order valence-corrected chi connectivity index (χ4v) is 1.81. The van der Waals surface area contributed by atoms with Crippen LogP contribution in [0.4, 0.5) is 5.69 Å². The minimum atomic E-state index is -4.25. The van der Waals surface area contributed by atoms with E-state index in [1.54, 1.807) is 17.0 Å². The predicted octanol–water partition coefficient (Wildman–Crippen LogP) is -0.679. The van der Waals surface area contributed by atoms with Crippen molar-refractivity contribution in [1.29, 1.82) is 0 Å². The lowest BCUT2D eigenvalue weighted by Crippen LogP contribution is -2.30. The first kappa shape index (κ1) is 15.4. The number of nitrogens with zero attached hydrogens (tertiary/aromatic N) is 1. The van der Waals surface area contributed by atoms with Gasteiger partial charge in [0.2, 0.25) is 0 Å². The maximum absolute atomic E-state index is 10.5. The predicted molar refractivity (Wildman–Crippen MR) is 72.4 cm³/mol. The topological polar surface area (TPSA) is 134 Å². The van der Waals surface area contributed by atoms with Crippen molar-refractivity contribution in [2.75, 3.05) is 18.5 Å². The van der Waals surface area contributed by atoms with Crippen molar-refractivity contribution < 1.29 is 18.4 Å². The summed E-state index contributed by atoms with van der Waals surface area (Å²) >= 11 is 0. The smallest absolute Gasteiger partial charge is 0.350 e. The molecule has 2 rings (SSSR count). The summed E-state index contributed by atoms with van der Waals surface area (Å²) in [7, 11) is -4.25. The molecule has 9 heteroatoms. The Morgan fingerprint density at radius 2 is 1.95 bits per heavy atom. The largest absolute Gasteiger partial charge is 0.412 e. The Morgan fingerprint density at radius 1 is 1.26 bits per heavy atom. The summed E-state index contributed by atoms with van der Waals surface area (Å²) in [5.41, 5.74) is 3.82. The number of nitrogens with one attached hydrogen (secondary N) is 3. The van der Waals surface area contributed by atoms with Crippen molar-refractivity contribution in [1.82, 2.24) is 10.1 Å². The average molecular weight is 288 g/mol. The van der Waals surface area contributed by atoms with E-state index >= 15 is 0 Å². The van der Waals surface area contributed by atoms with Crippen molar-refractivity contribution in [3.63, 3.8) is 0 Å². The highest BCUT2D eigenvalue weighted by Crippen LogP contribution is 2.10. The zero-order valence-electron chi connectivity index (χ0n) is 10.0. The molecule has 0 amide bonds. The average Bonchev–Trinajstić information content (AvgIpc) is 2.37. The molecule has 1 aromatic rings. The van der Waals surface area contributed by atoms with Gasteiger partial charge in [-0.15, -0.1) is 4.83 Å². The monoisotopic (exact) mass is 288 g/mol. The highest BCUT2D eigenvalue weighted by Gasteiger charge is 2.07. The lowest BCUT2D eigenvalue weighted by atomic mass is 10.1. The molecule has 19 heavy (non-hydrogen) atoms. The molecule has 1 aliphatic rings. The molecule has 6 N–H and O–H groups in total. The zero-order valence-corrected chi connectivity index (χ0v) is 10.9. The SMILES string of the molecule is O.O=S(=O)(O)NNc1ccc(C2=NCCCN2)cc1. The van der Waals surface area contributed by atoms with E-state index in [0.717, 1.165) is 30.9 Å². The van der Waals surface area contributed by atoms with Crippen LogP contribution in [0, 0.1) is 0 Å². The van der Waals surface area contributed by atoms with Gasteiger partial charge in [0.15, 0.2) is 0 Å². The molecular weight excluding hydrogens is 272 g/mol. The maximum Gasteiger partial charge on any atom is 0.350 e. The molecule has 0 bridgehead atoms. The fraction of sp³-hybridized carbons (Fsp3) is 0.300. The summed E-state index contributed by atoms with van der Waals surface area (Å²) < 4.78 is 29.5. The van der Waals surface area contributed by atoms with Crippen LogP contribution in [0.2, 0.25) is 0 Å². The summed E-state index contributed by atoms with van der Waals surface area (Å²) in [6.07, 6.45) is 1.03. The molecule has 1 aliphatic heterocycles. The van der Waals surface area contributed by atoms with E-state index in [1.165, 1.54) is 0 Å². The third-order valence-corrected chi connectivity index (χ3v) is 2.74. The van der Waals surface area contributed by atoms with Crippen LogP contribution in [0.3, 0.4) is 0 Å². The van der Waals surface area contributed by atoms with Crippen LogP contribution in [-0.4, -0.2) is 37.4 Å². The van der Waals surface area contributed by atoms with Crippen molar-refractivity contribution >= 4 is 21.8 Å². The number of amidine groups is 1. The highest BCUT2D eigenvalue weighted by atomic mass is 32.2. The summed E-state index contributed by atoms with van der Waals surface area (Å²) in [4.78, 5) is 6.12. The van der Waals surface area contributed by atoms with Gasteiger partial charge in [0.05, 0.1) is 0 Å². The van der Waals surface area contributed by atoms with E-state index in [9.17, 15) is 8.42 Å². The Hall–Kier alpha value is -1.68. The Labute approximate surface area is 111 Å². The van der Waals surface area contributed by atoms with E-state index in [4.69, 9.17) is 4.55 Å². The van der Waals surface area contributed by atoms with Crippen LogP contribution in [0.15, 0.2) is 29.3 Å². The molecule has 0 atom stereocenters. The molecule has 0 saturated carbocycles. The molecule has 0 radical (unpaired) electrons. The van der Waals surface area contributed by atoms with Crippen LogP contribution in [0.1, 0.15) is 12.0 Å². The van der Waals surface area contributed by atoms with E-state index in [1.807, 2.05) is 12.1 Å². The van der Waals surface area contributed by atoms with E-state index in [-0.39, 0.29) is 5.48 Å². The molecular formula is C10H16N4O4S.